The highest BCUT2D eigenvalue weighted by molar-refractivity contribution is 6.12. The molecule has 0 spiro atoms. The van der Waals surface area contributed by atoms with Crippen LogP contribution >= 0.6 is 0 Å². The van der Waals surface area contributed by atoms with Crippen LogP contribution in [0.25, 0.3) is 111 Å². The maximum atomic E-state index is 5.39. The second-order valence-electron chi connectivity index (χ2n) is 15.4. The average Bonchev–Trinajstić information content (AvgIpc) is 3.84. The topological polar surface area (TPSA) is 35.6 Å². The first-order valence-electron chi connectivity index (χ1n) is 20.4. The van der Waals surface area contributed by atoms with Crippen molar-refractivity contribution in [3.05, 3.63) is 219 Å². The molecule has 280 valence electrons. The van der Waals surface area contributed by atoms with Crippen LogP contribution in [0, 0.1) is 0 Å². The summed E-state index contributed by atoms with van der Waals surface area (Å²) in [5.41, 5.74) is 16.6. The summed E-state index contributed by atoms with van der Waals surface area (Å²) in [5, 5.41) is 6.00. The summed E-state index contributed by atoms with van der Waals surface area (Å²) in [6.07, 6.45) is 1.85. The molecule has 4 heterocycles. The van der Waals surface area contributed by atoms with Crippen molar-refractivity contribution in [2.24, 2.45) is 0 Å². The fourth-order valence-electron chi connectivity index (χ4n) is 9.14. The second-order valence-corrected chi connectivity index (χ2v) is 15.4. The molecule has 0 unspecified atom stereocenters. The van der Waals surface area contributed by atoms with Gasteiger partial charge in [0.2, 0.25) is 0 Å². The molecule has 4 heteroatoms. The van der Waals surface area contributed by atoms with Crippen molar-refractivity contribution in [3.63, 3.8) is 0 Å². The van der Waals surface area contributed by atoms with Crippen molar-refractivity contribution in [2.75, 3.05) is 0 Å². The zero-order valence-corrected chi connectivity index (χ0v) is 32.6. The molecule has 0 radical (unpaired) electrons. The average molecular weight is 765 g/mol. The maximum Gasteiger partial charge on any atom is 0.0716 e. The zero-order valence-electron chi connectivity index (χ0n) is 32.6. The first-order chi connectivity index (χ1) is 29.7. The lowest BCUT2D eigenvalue weighted by Gasteiger charge is -2.14. The van der Waals surface area contributed by atoms with Crippen LogP contribution in [-0.2, 0) is 0 Å². The molecule has 8 aromatic carbocycles. The highest BCUT2D eigenvalue weighted by atomic mass is 15.0. The van der Waals surface area contributed by atoms with E-state index in [2.05, 4.69) is 214 Å². The van der Waals surface area contributed by atoms with Crippen molar-refractivity contribution < 1.29 is 0 Å². The van der Waals surface area contributed by atoms with Gasteiger partial charge in [-0.1, -0.05) is 121 Å². The largest absolute Gasteiger partial charge is 0.309 e. The van der Waals surface area contributed by atoms with E-state index in [0.717, 1.165) is 61.5 Å². The van der Waals surface area contributed by atoms with Gasteiger partial charge in [-0.2, -0.15) is 0 Å². The number of pyridine rings is 2. The van der Waals surface area contributed by atoms with Crippen LogP contribution in [0.4, 0.5) is 0 Å². The Kier molecular flexibility index (Phi) is 7.82. The molecule has 4 aromatic heterocycles. The molecule has 0 aliphatic heterocycles. The third-order valence-corrected chi connectivity index (χ3v) is 12.0. The maximum absolute atomic E-state index is 5.39. The van der Waals surface area contributed by atoms with Gasteiger partial charge in [-0.15, -0.1) is 0 Å². The van der Waals surface area contributed by atoms with Crippen LogP contribution in [0.15, 0.2) is 219 Å². The van der Waals surface area contributed by atoms with Crippen molar-refractivity contribution in [2.45, 2.75) is 0 Å². The van der Waals surface area contributed by atoms with Crippen LogP contribution in [0.3, 0.4) is 0 Å². The van der Waals surface area contributed by atoms with Crippen molar-refractivity contribution in [3.8, 4) is 56.1 Å². The molecule has 0 fully saturated rings. The number of para-hydroxylation sites is 4. The highest BCUT2D eigenvalue weighted by Gasteiger charge is 2.17. The van der Waals surface area contributed by atoms with Crippen LogP contribution in [0.1, 0.15) is 0 Å². The molecule has 12 rings (SSSR count). The fourth-order valence-corrected chi connectivity index (χ4v) is 9.14. The van der Waals surface area contributed by atoms with Gasteiger partial charge in [-0.05, 0) is 113 Å². The predicted octanol–water partition coefficient (Wildman–Crippen LogP) is 14.5. The van der Waals surface area contributed by atoms with E-state index in [1.807, 2.05) is 18.3 Å². The minimum atomic E-state index is 0.938. The molecule has 12 aromatic rings. The van der Waals surface area contributed by atoms with E-state index in [9.17, 15) is 0 Å². The fraction of sp³-hybridized carbons (Fsp3) is 0. The number of aromatic nitrogens is 4. The van der Waals surface area contributed by atoms with Crippen LogP contribution in [0.5, 0.6) is 0 Å². The Bertz CT molecular complexity index is 3570. The Balaban J connectivity index is 1.03. The molecule has 0 aliphatic rings. The lowest BCUT2D eigenvalue weighted by atomic mass is 9.94. The van der Waals surface area contributed by atoms with Gasteiger partial charge < -0.3 is 9.13 Å². The normalized spacial score (nSPS) is 11.7. The molecule has 60 heavy (non-hydrogen) atoms. The molecule has 4 nitrogen and oxygen atoms in total. The number of rotatable bonds is 6. The highest BCUT2D eigenvalue weighted by Crippen LogP contribution is 2.40. The van der Waals surface area contributed by atoms with Crippen LogP contribution < -0.4 is 0 Å². The van der Waals surface area contributed by atoms with E-state index in [-0.39, 0.29) is 0 Å². The number of fused-ring (bicyclic) bond motifs is 7. The number of hydrogen-bond acceptors (Lipinski definition) is 2. The molecular weight excluding hydrogens is 729 g/mol. The third kappa shape index (κ3) is 5.53. The van der Waals surface area contributed by atoms with Gasteiger partial charge in [0, 0.05) is 55.6 Å². The minimum Gasteiger partial charge on any atom is -0.309 e. The Morgan fingerprint density at radius 2 is 0.783 bits per heavy atom. The summed E-state index contributed by atoms with van der Waals surface area (Å²) in [5.74, 6) is 0. The van der Waals surface area contributed by atoms with E-state index in [4.69, 9.17) is 4.98 Å². The molecule has 0 atom stereocenters. The molecule has 0 saturated carbocycles. The smallest absolute Gasteiger partial charge is 0.0716 e. The zero-order chi connectivity index (χ0) is 39.6. The SMILES string of the molecule is c1ccc(-n2c3ccccc3c3cc(-c4ccc5nc(-c6ccc7c(c6)c6ccccc6n7-c6ccccc6)cc(-c6ccc(-c7ccccn7)cc6)c5c4)ccc32)cc1. The third-order valence-electron chi connectivity index (χ3n) is 12.0. The van der Waals surface area contributed by atoms with Crippen LogP contribution in [0.2, 0.25) is 0 Å². The Labute approximate surface area is 346 Å². The minimum absolute atomic E-state index is 0.938. The van der Waals surface area contributed by atoms with Crippen molar-refractivity contribution in [1.82, 2.24) is 19.1 Å². The quantitative estimate of drug-likeness (QED) is 0.169. The first-order valence-corrected chi connectivity index (χ1v) is 20.4. The van der Waals surface area contributed by atoms with E-state index in [1.54, 1.807) is 0 Å². The van der Waals surface area contributed by atoms with Gasteiger partial charge >= 0.3 is 0 Å². The van der Waals surface area contributed by atoms with Crippen molar-refractivity contribution >= 4 is 54.5 Å². The Morgan fingerprint density at radius 1 is 0.300 bits per heavy atom. The van der Waals surface area contributed by atoms with Gasteiger partial charge in [0.15, 0.2) is 0 Å². The number of benzene rings is 8. The number of hydrogen-bond donors (Lipinski definition) is 0. The van der Waals surface area contributed by atoms with Gasteiger partial charge in [0.1, 0.15) is 0 Å². The van der Waals surface area contributed by atoms with Crippen LogP contribution in [-0.4, -0.2) is 19.1 Å². The van der Waals surface area contributed by atoms with Gasteiger partial charge in [-0.3, -0.25) is 4.98 Å². The van der Waals surface area contributed by atoms with Gasteiger partial charge in [-0.25, -0.2) is 4.98 Å². The lowest BCUT2D eigenvalue weighted by Crippen LogP contribution is -1.94. The first kappa shape index (κ1) is 34.0. The Hall–Kier alpha value is -8.08. The van der Waals surface area contributed by atoms with E-state index < -0.39 is 0 Å². The van der Waals surface area contributed by atoms with E-state index >= 15 is 0 Å². The summed E-state index contributed by atoms with van der Waals surface area (Å²) < 4.78 is 4.72. The monoisotopic (exact) mass is 764 g/mol. The van der Waals surface area contributed by atoms with Gasteiger partial charge in [0.25, 0.3) is 0 Å². The molecule has 0 aliphatic carbocycles. The summed E-state index contributed by atoms with van der Waals surface area (Å²) >= 11 is 0. The molecular formula is C56H36N4. The summed E-state index contributed by atoms with van der Waals surface area (Å²) in [6.45, 7) is 0. The molecule has 0 N–H and O–H groups in total. The summed E-state index contributed by atoms with van der Waals surface area (Å²) in [6, 6.07) is 76.1. The summed E-state index contributed by atoms with van der Waals surface area (Å²) in [4.78, 5) is 10.0. The van der Waals surface area contributed by atoms with Gasteiger partial charge in [0.05, 0.1) is 39.0 Å². The standard InChI is InChI=1S/C56H36N4/c1-3-13-42(14-4-1)59-53-20-9-7-17-44(53)48-34-40(27-30-55(48)59)39-26-29-51-47(33-39)46(37-22-24-38(25-23-37)50-19-11-12-32-57-50)36-52(58-51)41-28-31-56-49(35-41)45-18-8-10-21-54(45)60(56)43-15-5-2-6-16-43/h1-36H. The molecule has 0 amide bonds. The van der Waals surface area contributed by atoms with E-state index in [1.165, 1.54) is 49.2 Å². The predicted molar refractivity (Wildman–Crippen MR) is 250 cm³/mol. The Morgan fingerprint density at radius 3 is 1.40 bits per heavy atom. The molecule has 0 bridgehead atoms. The summed E-state index contributed by atoms with van der Waals surface area (Å²) in [7, 11) is 0. The lowest BCUT2D eigenvalue weighted by molar-refractivity contribution is 1.18. The molecule has 0 saturated heterocycles. The van der Waals surface area contributed by atoms with Crippen molar-refractivity contribution in [1.29, 1.82) is 0 Å². The second kappa shape index (κ2) is 13.8. The van der Waals surface area contributed by atoms with E-state index in [0.29, 0.717) is 0 Å². The number of nitrogens with zero attached hydrogens (tertiary/aromatic N) is 4.